The van der Waals surface area contributed by atoms with Crippen molar-refractivity contribution in [2.24, 2.45) is 5.16 Å². The predicted octanol–water partition coefficient (Wildman–Crippen LogP) is 2.99. The molecule has 172 valence electrons. The number of anilines is 1. The van der Waals surface area contributed by atoms with E-state index in [0.29, 0.717) is 32.0 Å². The van der Waals surface area contributed by atoms with Crippen LogP contribution in [0.4, 0.5) is 5.69 Å². The van der Waals surface area contributed by atoms with Crippen LogP contribution >= 0.6 is 0 Å². The van der Waals surface area contributed by atoms with Gasteiger partial charge in [-0.2, -0.15) is 4.31 Å². The molecule has 1 aliphatic heterocycles. The molecule has 2 aromatic carbocycles. The van der Waals surface area contributed by atoms with Crippen LogP contribution < -0.4 is 5.32 Å². The first-order valence-corrected chi connectivity index (χ1v) is 11.8. The highest BCUT2D eigenvalue weighted by Gasteiger charge is 2.26. The maximum atomic E-state index is 12.6. The third kappa shape index (κ3) is 6.38. The summed E-state index contributed by atoms with van der Waals surface area (Å²) in [5.74, 6) is -0.394. The van der Waals surface area contributed by atoms with Crippen molar-refractivity contribution in [1.82, 2.24) is 4.31 Å². The fourth-order valence-corrected chi connectivity index (χ4v) is 4.51. The van der Waals surface area contributed by atoms with Gasteiger partial charge in [-0.05, 0) is 40.8 Å². The highest BCUT2D eigenvalue weighted by atomic mass is 32.2. The van der Waals surface area contributed by atoms with Gasteiger partial charge < -0.3 is 14.9 Å². The van der Waals surface area contributed by atoms with Gasteiger partial charge in [0.25, 0.3) is 5.91 Å². The van der Waals surface area contributed by atoms with Crippen LogP contribution in [0.5, 0.6) is 0 Å². The van der Waals surface area contributed by atoms with Crippen LogP contribution in [0.1, 0.15) is 31.9 Å². The molecule has 0 bridgehead atoms. The normalized spacial score (nSPS) is 15.6. The smallest absolute Gasteiger partial charge is 0.265 e. The number of hydrogen-bond donors (Lipinski definition) is 1. The van der Waals surface area contributed by atoms with Crippen molar-refractivity contribution in [1.29, 1.82) is 0 Å². The molecule has 9 heteroatoms. The average molecular weight is 460 g/mol. The first-order chi connectivity index (χ1) is 15.2. The molecule has 1 fully saturated rings. The number of morpholine rings is 1. The van der Waals surface area contributed by atoms with Crippen LogP contribution in [0.3, 0.4) is 0 Å². The quantitative estimate of drug-likeness (QED) is 0.507. The first-order valence-electron chi connectivity index (χ1n) is 10.4. The van der Waals surface area contributed by atoms with Gasteiger partial charge in [0, 0.05) is 18.8 Å². The van der Waals surface area contributed by atoms with Crippen molar-refractivity contribution in [2.75, 3.05) is 38.2 Å². The van der Waals surface area contributed by atoms with Gasteiger partial charge in [0.05, 0.1) is 24.3 Å². The molecule has 1 N–H and O–H groups in total. The van der Waals surface area contributed by atoms with Crippen LogP contribution in [0.15, 0.2) is 58.6 Å². The van der Waals surface area contributed by atoms with Crippen molar-refractivity contribution in [3.8, 4) is 0 Å². The molecule has 32 heavy (non-hydrogen) atoms. The Morgan fingerprint density at radius 1 is 1.09 bits per heavy atom. The van der Waals surface area contributed by atoms with Gasteiger partial charge in [0.1, 0.15) is 0 Å². The summed E-state index contributed by atoms with van der Waals surface area (Å²) in [5.41, 5.74) is 2.64. The van der Waals surface area contributed by atoms with Crippen molar-refractivity contribution >= 4 is 27.8 Å². The zero-order valence-electron chi connectivity index (χ0n) is 18.6. The topological polar surface area (TPSA) is 97.3 Å². The fourth-order valence-electron chi connectivity index (χ4n) is 3.11. The molecule has 1 saturated heterocycles. The third-order valence-corrected chi connectivity index (χ3v) is 6.91. The lowest BCUT2D eigenvalue weighted by molar-refractivity contribution is -0.120. The lowest BCUT2D eigenvalue weighted by Crippen LogP contribution is -2.40. The second-order valence-electron chi connectivity index (χ2n) is 8.47. The number of nitrogens with zero attached hydrogens (tertiary/aromatic N) is 2. The highest BCUT2D eigenvalue weighted by Crippen LogP contribution is 2.22. The van der Waals surface area contributed by atoms with E-state index in [0.717, 1.165) is 5.56 Å². The second-order valence-corrected chi connectivity index (χ2v) is 10.4. The van der Waals surface area contributed by atoms with Crippen LogP contribution in [0, 0.1) is 0 Å². The maximum Gasteiger partial charge on any atom is 0.265 e. The van der Waals surface area contributed by atoms with Gasteiger partial charge in [-0.25, -0.2) is 8.42 Å². The molecule has 0 aromatic heterocycles. The van der Waals surface area contributed by atoms with E-state index in [9.17, 15) is 13.2 Å². The summed E-state index contributed by atoms with van der Waals surface area (Å²) in [4.78, 5) is 17.3. The Hall–Kier alpha value is -2.75. The Morgan fingerprint density at radius 2 is 1.72 bits per heavy atom. The fraction of sp³-hybridized carbons (Fsp3) is 0.391. The van der Waals surface area contributed by atoms with Gasteiger partial charge in [0.15, 0.2) is 6.61 Å². The van der Waals surface area contributed by atoms with E-state index in [1.165, 1.54) is 22.0 Å². The second kappa shape index (κ2) is 10.2. The number of ether oxygens (including phenoxy) is 1. The van der Waals surface area contributed by atoms with Gasteiger partial charge in [-0.1, -0.05) is 50.2 Å². The molecule has 1 amide bonds. The van der Waals surface area contributed by atoms with Crippen molar-refractivity contribution in [3.05, 3.63) is 59.7 Å². The van der Waals surface area contributed by atoms with E-state index < -0.39 is 15.9 Å². The minimum absolute atomic E-state index is 0.0785. The van der Waals surface area contributed by atoms with Crippen LogP contribution in [-0.4, -0.2) is 57.8 Å². The number of amides is 1. The summed E-state index contributed by atoms with van der Waals surface area (Å²) in [6.45, 7) is 7.62. The molecule has 1 aliphatic rings. The summed E-state index contributed by atoms with van der Waals surface area (Å²) >= 11 is 0. The maximum absolute atomic E-state index is 12.6. The van der Waals surface area contributed by atoms with E-state index in [1.54, 1.807) is 18.3 Å². The SMILES string of the molecule is CC(C)(C)c1ccc(/C=N/OCC(=O)Nc2ccc(S(=O)(=O)N3CCOCC3)cc2)cc1. The number of rotatable bonds is 7. The van der Waals surface area contributed by atoms with Crippen molar-refractivity contribution in [2.45, 2.75) is 31.1 Å². The number of nitrogens with one attached hydrogen (secondary N) is 1. The van der Waals surface area contributed by atoms with Crippen molar-refractivity contribution < 1.29 is 22.8 Å². The minimum Gasteiger partial charge on any atom is -0.386 e. The molecule has 0 spiro atoms. The number of sulfonamides is 1. The van der Waals surface area contributed by atoms with E-state index in [1.807, 2.05) is 24.3 Å². The van der Waals surface area contributed by atoms with Crippen LogP contribution in [-0.2, 0) is 29.8 Å². The molecule has 0 aliphatic carbocycles. The molecular weight excluding hydrogens is 430 g/mol. The van der Waals surface area contributed by atoms with E-state index in [2.05, 4.69) is 31.2 Å². The van der Waals surface area contributed by atoms with Gasteiger partial charge in [-0.15, -0.1) is 0 Å². The molecule has 3 rings (SSSR count). The van der Waals surface area contributed by atoms with Gasteiger partial charge >= 0.3 is 0 Å². The molecule has 0 saturated carbocycles. The van der Waals surface area contributed by atoms with Crippen LogP contribution in [0.25, 0.3) is 0 Å². The summed E-state index contributed by atoms with van der Waals surface area (Å²) in [6, 6.07) is 14.0. The Labute approximate surface area is 189 Å². The molecule has 2 aromatic rings. The van der Waals surface area contributed by atoms with E-state index >= 15 is 0 Å². The average Bonchev–Trinajstić information content (AvgIpc) is 2.77. The van der Waals surface area contributed by atoms with Crippen LogP contribution in [0.2, 0.25) is 0 Å². The molecular formula is C23H29N3O5S. The summed E-state index contributed by atoms with van der Waals surface area (Å²) in [7, 11) is -3.57. The largest absolute Gasteiger partial charge is 0.386 e. The summed E-state index contributed by atoms with van der Waals surface area (Å²) in [6.07, 6.45) is 1.55. The molecule has 0 atom stereocenters. The molecule has 0 radical (unpaired) electrons. The minimum atomic E-state index is -3.57. The van der Waals surface area contributed by atoms with E-state index in [4.69, 9.17) is 9.57 Å². The lowest BCUT2D eigenvalue weighted by Gasteiger charge is -2.26. The predicted molar refractivity (Wildman–Crippen MR) is 123 cm³/mol. The Morgan fingerprint density at radius 3 is 2.31 bits per heavy atom. The Kier molecular flexibility index (Phi) is 7.65. The Balaban J connectivity index is 1.48. The first kappa shape index (κ1) is 23.9. The summed E-state index contributed by atoms with van der Waals surface area (Å²) in [5, 5.41) is 6.49. The zero-order chi connectivity index (χ0) is 23.2. The van der Waals surface area contributed by atoms with Gasteiger partial charge in [-0.3, -0.25) is 4.79 Å². The zero-order valence-corrected chi connectivity index (χ0v) is 19.4. The lowest BCUT2D eigenvalue weighted by atomic mass is 9.87. The molecule has 1 heterocycles. The standard InChI is InChI=1S/C23H29N3O5S/c1-23(2,3)19-6-4-18(5-7-19)16-24-31-17-22(27)25-20-8-10-21(11-9-20)32(28,29)26-12-14-30-15-13-26/h4-11,16H,12-15,17H2,1-3H3,(H,25,27)/b24-16+. The monoisotopic (exact) mass is 459 g/mol. The number of benzene rings is 2. The van der Waals surface area contributed by atoms with E-state index in [-0.39, 0.29) is 16.9 Å². The van der Waals surface area contributed by atoms with Gasteiger partial charge in [0.2, 0.25) is 10.0 Å². The Bertz CT molecular complexity index is 1040. The van der Waals surface area contributed by atoms with Crippen molar-refractivity contribution in [3.63, 3.8) is 0 Å². The number of carbonyl (C=O) groups is 1. The number of oxime groups is 1. The third-order valence-electron chi connectivity index (χ3n) is 4.99. The molecule has 8 nitrogen and oxygen atoms in total. The summed E-state index contributed by atoms with van der Waals surface area (Å²) < 4.78 is 31.8. The number of hydrogen-bond acceptors (Lipinski definition) is 6. The highest BCUT2D eigenvalue weighted by molar-refractivity contribution is 7.89. The molecule has 0 unspecified atom stereocenters. The number of carbonyl (C=O) groups excluding carboxylic acids is 1.